The van der Waals surface area contributed by atoms with Crippen molar-refractivity contribution in [2.75, 3.05) is 26.2 Å². The van der Waals surface area contributed by atoms with E-state index in [-0.39, 0.29) is 5.91 Å². The third-order valence-electron chi connectivity index (χ3n) is 3.65. The van der Waals surface area contributed by atoms with Gasteiger partial charge < -0.3 is 5.32 Å². The van der Waals surface area contributed by atoms with Crippen LogP contribution in [-0.4, -0.2) is 37.0 Å². The zero-order chi connectivity index (χ0) is 15.1. The Kier molecular flexibility index (Phi) is 6.27. The van der Waals surface area contributed by atoms with Gasteiger partial charge in [0.05, 0.1) is 6.54 Å². The number of carbonyl (C=O) groups excluding carboxylic acids is 1. The van der Waals surface area contributed by atoms with Gasteiger partial charge in [0.1, 0.15) is 0 Å². The van der Waals surface area contributed by atoms with Gasteiger partial charge >= 0.3 is 0 Å². The minimum atomic E-state index is 0.0756. The number of benzene rings is 1. The molecule has 2 rings (SSSR count). The molecule has 0 aliphatic heterocycles. The molecule has 3 nitrogen and oxygen atoms in total. The fraction of sp³-hybridized carbons (Fsp3) is 0.471. The molecule has 1 aliphatic carbocycles. The summed E-state index contributed by atoms with van der Waals surface area (Å²) >= 11 is 5.90. The fourth-order valence-corrected chi connectivity index (χ4v) is 2.41. The summed E-state index contributed by atoms with van der Waals surface area (Å²) < 4.78 is 0. The van der Waals surface area contributed by atoms with E-state index in [1.165, 1.54) is 18.4 Å². The highest BCUT2D eigenvalue weighted by Crippen LogP contribution is 2.29. The van der Waals surface area contributed by atoms with Crippen LogP contribution in [0.25, 0.3) is 0 Å². The Hall–Kier alpha value is -1.32. The lowest BCUT2D eigenvalue weighted by Crippen LogP contribution is -2.39. The molecule has 21 heavy (non-hydrogen) atoms. The largest absolute Gasteiger partial charge is 0.352 e. The highest BCUT2D eigenvalue weighted by Gasteiger charge is 2.25. The van der Waals surface area contributed by atoms with Crippen molar-refractivity contribution in [3.63, 3.8) is 0 Å². The van der Waals surface area contributed by atoms with Crippen LogP contribution in [0.2, 0.25) is 5.02 Å². The molecule has 0 aromatic heterocycles. The summed E-state index contributed by atoms with van der Waals surface area (Å²) in [6, 6.07) is 7.93. The number of rotatable bonds is 9. The van der Waals surface area contributed by atoms with Gasteiger partial charge in [-0.1, -0.05) is 29.8 Å². The molecule has 0 unspecified atom stereocenters. The van der Waals surface area contributed by atoms with E-state index in [1.807, 2.05) is 12.1 Å². The summed E-state index contributed by atoms with van der Waals surface area (Å²) in [7, 11) is 0. The van der Waals surface area contributed by atoms with E-state index in [4.69, 9.17) is 11.6 Å². The fourth-order valence-electron chi connectivity index (χ4n) is 2.28. The van der Waals surface area contributed by atoms with Crippen molar-refractivity contribution < 1.29 is 4.79 Å². The summed E-state index contributed by atoms with van der Waals surface area (Å²) in [6.45, 7) is 6.54. The second-order valence-electron chi connectivity index (χ2n) is 5.65. The van der Waals surface area contributed by atoms with Crippen molar-refractivity contribution in [2.24, 2.45) is 5.92 Å². The van der Waals surface area contributed by atoms with E-state index < -0.39 is 0 Å². The summed E-state index contributed by atoms with van der Waals surface area (Å²) in [5.41, 5.74) is 1.26. The molecule has 4 heteroatoms. The zero-order valence-corrected chi connectivity index (χ0v) is 13.1. The van der Waals surface area contributed by atoms with E-state index in [9.17, 15) is 4.79 Å². The molecular formula is C17H23ClN2O. The number of nitrogens with one attached hydrogen (secondary N) is 1. The monoisotopic (exact) mass is 306 g/mol. The van der Waals surface area contributed by atoms with Gasteiger partial charge in [-0.2, -0.15) is 0 Å². The molecule has 1 fully saturated rings. The molecule has 1 N–H and O–H groups in total. The Labute approximate surface area is 132 Å². The van der Waals surface area contributed by atoms with Crippen LogP contribution in [0.3, 0.4) is 0 Å². The highest BCUT2D eigenvalue weighted by molar-refractivity contribution is 6.30. The Morgan fingerprint density at radius 2 is 2.10 bits per heavy atom. The summed E-state index contributed by atoms with van der Waals surface area (Å²) in [5.74, 6) is 0.856. The van der Waals surface area contributed by atoms with Gasteiger partial charge in [0.2, 0.25) is 5.91 Å². The van der Waals surface area contributed by atoms with Gasteiger partial charge in [-0.3, -0.25) is 9.69 Å². The van der Waals surface area contributed by atoms with Crippen LogP contribution < -0.4 is 5.32 Å². The molecule has 1 aliphatic rings. The molecule has 1 aromatic rings. The molecule has 0 spiro atoms. The molecule has 1 saturated carbocycles. The first-order valence-corrected chi connectivity index (χ1v) is 7.89. The molecular weight excluding hydrogens is 284 g/mol. The predicted molar refractivity (Wildman–Crippen MR) is 87.5 cm³/mol. The molecule has 0 saturated heterocycles. The van der Waals surface area contributed by atoms with E-state index in [0.717, 1.165) is 30.5 Å². The lowest BCUT2D eigenvalue weighted by atomic mass is 10.1. The third kappa shape index (κ3) is 6.32. The van der Waals surface area contributed by atoms with Gasteiger partial charge in [-0.05, 0) is 42.9 Å². The smallest absolute Gasteiger partial charge is 0.234 e. The first kappa shape index (κ1) is 16.1. The number of hydrogen-bond donors (Lipinski definition) is 1. The van der Waals surface area contributed by atoms with E-state index in [2.05, 4.69) is 28.9 Å². The maximum absolute atomic E-state index is 11.9. The van der Waals surface area contributed by atoms with Crippen molar-refractivity contribution in [1.29, 1.82) is 0 Å². The van der Waals surface area contributed by atoms with Gasteiger partial charge in [-0.15, -0.1) is 6.58 Å². The molecule has 0 atom stereocenters. The van der Waals surface area contributed by atoms with Crippen molar-refractivity contribution >= 4 is 17.5 Å². The minimum absolute atomic E-state index is 0.0756. The first-order chi connectivity index (χ1) is 10.2. The molecule has 1 amide bonds. The quantitative estimate of drug-likeness (QED) is 0.712. The van der Waals surface area contributed by atoms with E-state index >= 15 is 0 Å². The second-order valence-corrected chi connectivity index (χ2v) is 6.08. The van der Waals surface area contributed by atoms with Crippen molar-refractivity contribution in [1.82, 2.24) is 10.2 Å². The molecule has 0 radical (unpaired) electrons. The van der Waals surface area contributed by atoms with Gasteiger partial charge in [0.15, 0.2) is 0 Å². The van der Waals surface area contributed by atoms with E-state index in [0.29, 0.717) is 13.1 Å². The highest BCUT2D eigenvalue weighted by atomic mass is 35.5. The average molecular weight is 307 g/mol. The Bertz CT molecular complexity index is 468. The number of hydrogen-bond acceptors (Lipinski definition) is 2. The molecule has 0 bridgehead atoms. The molecule has 114 valence electrons. The van der Waals surface area contributed by atoms with Crippen molar-refractivity contribution in [3.8, 4) is 0 Å². The van der Waals surface area contributed by atoms with Crippen LogP contribution in [0.4, 0.5) is 0 Å². The lowest BCUT2D eigenvalue weighted by Gasteiger charge is -2.21. The summed E-state index contributed by atoms with van der Waals surface area (Å²) in [5, 5.41) is 3.61. The van der Waals surface area contributed by atoms with Crippen LogP contribution in [0.15, 0.2) is 36.9 Å². The third-order valence-corrected chi connectivity index (χ3v) is 3.91. The average Bonchev–Trinajstić information content (AvgIpc) is 3.28. The number of amides is 1. The lowest BCUT2D eigenvalue weighted by molar-refractivity contribution is -0.122. The number of nitrogens with zero attached hydrogens (tertiary/aromatic N) is 1. The molecule has 0 heterocycles. The normalized spacial score (nSPS) is 14.2. The standard InChI is InChI=1S/C17H23ClN2O/c1-2-10-19-17(21)13-20(12-15-3-4-15)11-9-14-5-7-16(18)8-6-14/h2,5-8,15H,1,3-4,9-13H2,(H,19,21). The second kappa shape index (κ2) is 8.20. The number of carbonyl (C=O) groups is 1. The van der Waals surface area contributed by atoms with Crippen molar-refractivity contribution in [3.05, 3.63) is 47.5 Å². The number of halogens is 1. The van der Waals surface area contributed by atoms with Crippen molar-refractivity contribution in [2.45, 2.75) is 19.3 Å². The summed E-state index contributed by atoms with van der Waals surface area (Å²) in [4.78, 5) is 14.1. The maximum Gasteiger partial charge on any atom is 0.234 e. The van der Waals surface area contributed by atoms with Crippen LogP contribution in [-0.2, 0) is 11.2 Å². The van der Waals surface area contributed by atoms with Gasteiger partial charge in [0, 0.05) is 24.7 Å². The predicted octanol–water partition coefficient (Wildman–Crippen LogP) is 2.90. The van der Waals surface area contributed by atoms with Crippen LogP contribution in [0.5, 0.6) is 0 Å². The van der Waals surface area contributed by atoms with Gasteiger partial charge in [-0.25, -0.2) is 0 Å². The van der Waals surface area contributed by atoms with Crippen LogP contribution in [0.1, 0.15) is 18.4 Å². The van der Waals surface area contributed by atoms with Crippen LogP contribution in [0, 0.1) is 5.92 Å². The minimum Gasteiger partial charge on any atom is -0.352 e. The summed E-state index contributed by atoms with van der Waals surface area (Å²) in [6.07, 6.45) is 5.24. The molecule has 1 aromatic carbocycles. The first-order valence-electron chi connectivity index (χ1n) is 7.52. The van der Waals surface area contributed by atoms with Gasteiger partial charge in [0.25, 0.3) is 0 Å². The Morgan fingerprint density at radius 1 is 1.38 bits per heavy atom. The topological polar surface area (TPSA) is 32.3 Å². The SMILES string of the molecule is C=CCNC(=O)CN(CCc1ccc(Cl)cc1)CC1CC1. The maximum atomic E-state index is 11.9. The Balaban J connectivity index is 1.81. The van der Waals surface area contributed by atoms with E-state index in [1.54, 1.807) is 6.08 Å². The zero-order valence-electron chi connectivity index (χ0n) is 12.4. The van der Waals surface area contributed by atoms with Crippen LogP contribution >= 0.6 is 11.6 Å². The Morgan fingerprint density at radius 3 is 2.71 bits per heavy atom.